The number of benzene rings is 1. The lowest BCUT2D eigenvalue weighted by Gasteiger charge is -2.25. The molecule has 1 fully saturated rings. The fraction of sp³-hybridized carbons (Fsp3) is 0.632. The number of amides is 1. The third kappa shape index (κ3) is 5.96. The molecule has 128 valence electrons. The van der Waals surface area contributed by atoms with Crippen LogP contribution in [0.1, 0.15) is 25.3 Å². The van der Waals surface area contributed by atoms with Gasteiger partial charge in [-0.2, -0.15) is 0 Å². The van der Waals surface area contributed by atoms with Gasteiger partial charge in [-0.05, 0) is 31.4 Å². The lowest BCUT2D eigenvalue weighted by Crippen LogP contribution is -2.39. The first-order chi connectivity index (χ1) is 11.2. The average Bonchev–Trinajstić information content (AvgIpc) is 2.81. The Balaban J connectivity index is 1.80. The maximum Gasteiger partial charge on any atom is 0.225 e. The molecule has 0 N–H and O–H groups in total. The van der Waals surface area contributed by atoms with Gasteiger partial charge in [0.25, 0.3) is 0 Å². The van der Waals surface area contributed by atoms with Crippen LogP contribution in [0.3, 0.4) is 0 Å². The van der Waals surface area contributed by atoms with E-state index < -0.39 is 0 Å². The highest BCUT2D eigenvalue weighted by molar-refractivity contribution is 5.78. The second-order valence-corrected chi connectivity index (χ2v) is 6.46. The van der Waals surface area contributed by atoms with Crippen LogP contribution in [-0.2, 0) is 16.0 Å². The van der Waals surface area contributed by atoms with E-state index in [0.29, 0.717) is 5.91 Å². The molecule has 1 heterocycles. The fourth-order valence-electron chi connectivity index (χ4n) is 3.21. The Morgan fingerprint density at radius 1 is 1.17 bits per heavy atom. The highest BCUT2D eigenvalue weighted by Gasteiger charge is 2.23. The molecule has 1 aliphatic rings. The summed E-state index contributed by atoms with van der Waals surface area (Å²) < 4.78 is 5.12. The molecule has 1 aliphatic heterocycles. The molecule has 4 heteroatoms. The van der Waals surface area contributed by atoms with Crippen molar-refractivity contribution in [1.29, 1.82) is 0 Å². The summed E-state index contributed by atoms with van der Waals surface area (Å²) in [6, 6.07) is 10.3. The molecule has 1 saturated heterocycles. The largest absolute Gasteiger partial charge is 0.385 e. The Hall–Kier alpha value is -1.39. The van der Waals surface area contributed by atoms with E-state index in [1.54, 1.807) is 7.11 Å². The molecular formula is C19H30N2O2. The molecule has 1 unspecified atom stereocenters. The zero-order valence-corrected chi connectivity index (χ0v) is 14.5. The molecule has 1 aromatic rings. The van der Waals surface area contributed by atoms with E-state index in [4.69, 9.17) is 4.74 Å². The van der Waals surface area contributed by atoms with Gasteiger partial charge in [0.05, 0.1) is 0 Å². The number of carbonyl (C=O) groups is 1. The number of nitrogens with zero attached hydrogens (tertiary/aromatic N) is 2. The minimum atomic E-state index is 0.0532. The zero-order chi connectivity index (χ0) is 16.5. The highest BCUT2D eigenvalue weighted by Crippen LogP contribution is 2.13. The Kier molecular flexibility index (Phi) is 7.56. The quantitative estimate of drug-likeness (QED) is 0.724. The van der Waals surface area contributed by atoms with Crippen LogP contribution in [0, 0.1) is 5.92 Å². The normalized spacial score (nSPS) is 17.7. The lowest BCUT2D eigenvalue weighted by molar-refractivity contribution is -0.134. The van der Waals surface area contributed by atoms with Crippen LogP contribution in [0.4, 0.5) is 0 Å². The number of rotatable bonds is 7. The van der Waals surface area contributed by atoms with Gasteiger partial charge in [-0.3, -0.25) is 4.79 Å². The maximum atomic E-state index is 12.7. The first-order valence-electron chi connectivity index (χ1n) is 8.74. The standard InChI is InChI=1S/C19H30N2O2/c1-17(16-18-8-4-3-5-9-18)19(22)21-12-6-10-20(13-14-21)11-7-15-23-2/h3-5,8-9,17H,6-7,10-16H2,1-2H3. The molecule has 23 heavy (non-hydrogen) atoms. The van der Waals surface area contributed by atoms with Gasteiger partial charge in [-0.25, -0.2) is 0 Å². The van der Waals surface area contributed by atoms with Crippen LogP contribution < -0.4 is 0 Å². The van der Waals surface area contributed by atoms with Crippen LogP contribution >= 0.6 is 0 Å². The van der Waals surface area contributed by atoms with Gasteiger partial charge in [-0.15, -0.1) is 0 Å². The van der Waals surface area contributed by atoms with E-state index in [1.165, 1.54) is 5.56 Å². The third-order valence-corrected chi connectivity index (χ3v) is 4.53. The summed E-state index contributed by atoms with van der Waals surface area (Å²) in [5.41, 5.74) is 1.24. The fourth-order valence-corrected chi connectivity index (χ4v) is 3.21. The van der Waals surface area contributed by atoms with Crippen molar-refractivity contribution in [3.8, 4) is 0 Å². The SMILES string of the molecule is COCCCN1CCCN(C(=O)C(C)Cc2ccccc2)CC1. The average molecular weight is 318 g/mol. The predicted molar refractivity (Wildman–Crippen MR) is 93.4 cm³/mol. The summed E-state index contributed by atoms with van der Waals surface area (Å²) in [4.78, 5) is 17.2. The highest BCUT2D eigenvalue weighted by atomic mass is 16.5. The molecule has 4 nitrogen and oxygen atoms in total. The first kappa shape index (κ1) is 18.0. The van der Waals surface area contributed by atoms with Crippen molar-refractivity contribution in [2.45, 2.75) is 26.2 Å². The Bertz CT molecular complexity index is 464. The van der Waals surface area contributed by atoms with Crippen molar-refractivity contribution in [3.05, 3.63) is 35.9 Å². The van der Waals surface area contributed by atoms with Crippen LogP contribution in [0.15, 0.2) is 30.3 Å². The van der Waals surface area contributed by atoms with Gasteiger partial charge in [-0.1, -0.05) is 37.3 Å². The van der Waals surface area contributed by atoms with Crippen molar-refractivity contribution in [1.82, 2.24) is 9.80 Å². The van der Waals surface area contributed by atoms with Crippen LogP contribution in [0.2, 0.25) is 0 Å². The molecule has 2 rings (SSSR count). The number of hydrogen-bond donors (Lipinski definition) is 0. The molecular weight excluding hydrogens is 288 g/mol. The molecule has 0 radical (unpaired) electrons. The summed E-state index contributed by atoms with van der Waals surface area (Å²) >= 11 is 0. The number of ether oxygens (including phenoxy) is 1. The van der Waals surface area contributed by atoms with Gasteiger partial charge in [0.15, 0.2) is 0 Å². The van der Waals surface area contributed by atoms with Crippen molar-refractivity contribution >= 4 is 5.91 Å². The van der Waals surface area contributed by atoms with Gasteiger partial charge in [0.1, 0.15) is 0 Å². The zero-order valence-electron chi connectivity index (χ0n) is 14.5. The van der Waals surface area contributed by atoms with Gasteiger partial charge in [0.2, 0.25) is 5.91 Å². The van der Waals surface area contributed by atoms with E-state index in [-0.39, 0.29) is 5.92 Å². The molecule has 0 bridgehead atoms. The molecule has 0 saturated carbocycles. The summed E-state index contributed by atoms with van der Waals surface area (Å²) in [6.45, 7) is 7.73. The number of carbonyl (C=O) groups excluding carboxylic acids is 1. The smallest absolute Gasteiger partial charge is 0.225 e. The number of methoxy groups -OCH3 is 1. The molecule has 1 atom stereocenters. The molecule has 0 spiro atoms. The molecule has 1 amide bonds. The minimum Gasteiger partial charge on any atom is -0.385 e. The van der Waals surface area contributed by atoms with E-state index in [0.717, 1.165) is 58.6 Å². The Morgan fingerprint density at radius 2 is 1.96 bits per heavy atom. The van der Waals surface area contributed by atoms with E-state index in [2.05, 4.69) is 28.9 Å². The second-order valence-electron chi connectivity index (χ2n) is 6.46. The van der Waals surface area contributed by atoms with Crippen molar-refractivity contribution in [3.63, 3.8) is 0 Å². The summed E-state index contributed by atoms with van der Waals surface area (Å²) in [7, 11) is 1.75. The van der Waals surface area contributed by atoms with Crippen molar-refractivity contribution in [2.24, 2.45) is 5.92 Å². The van der Waals surface area contributed by atoms with Crippen LogP contribution in [0.5, 0.6) is 0 Å². The monoisotopic (exact) mass is 318 g/mol. The van der Waals surface area contributed by atoms with E-state index >= 15 is 0 Å². The summed E-state index contributed by atoms with van der Waals surface area (Å²) in [5, 5.41) is 0. The maximum absolute atomic E-state index is 12.7. The summed E-state index contributed by atoms with van der Waals surface area (Å²) in [6.07, 6.45) is 2.96. The lowest BCUT2D eigenvalue weighted by atomic mass is 10.00. The van der Waals surface area contributed by atoms with E-state index in [9.17, 15) is 4.79 Å². The molecule has 0 aliphatic carbocycles. The Morgan fingerprint density at radius 3 is 2.70 bits per heavy atom. The van der Waals surface area contributed by atoms with Crippen molar-refractivity contribution in [2.75, 3.05) is 46.4 Å². The molecule has 0 aromatic heterocycles. The minimum absolute atomic E-state index is 0.0532. The Labute approximate surface area is 140 Å². The predicted octanol–water partition coefficient (Wildman–Crippen LogP) is 2.44. The van der Waals surface area contributed by atoms with E-state index in [1.807, 2.05) is 18.2 Å². The van der Waals surface area contributed by atoms with Gasteiger partial charge >= 0.3 is 0 Å². The number of hydrogen-bond acceptors (Lipinski definition) is 3. The van der Waals surface area contributed by atoms with Gasteiger partial charge in [0, 0.05) is 45.8 Å². The van der Waals surface area contributed by atoms with Crippen LogP contribution in [0.25, 0.3) is 0 Å². The van der Waals surface area contributed by atoms with Gasteiger partial charge < -0.3 is 14.5 Å². The first-order valence-corrected chi connectivity index (χ1v) is 8.74. The van der Waals surface area contributed by atoms with Crippen molar-refractivity contribution < 1.29 is 9.53 Å². The van der Waals surface area contributed by atoms with Crippen LogP contribution in [-0.4, -0.2) is 62.1 Å². The molecule has 1 aromatic carbocycles. The second kappa shape index (κ2) is 9.68. The topological polar surface area (TPSA) is 32.8 Å². The third-order valence-electron chi connectivity index (χ3n) is 4.53. The summed E-state index contributed by atoms with van der Waals surface area (Å²) in [5.74, 6) is 0.352.